The van der Waals surface area contributed by atoms with Crippen LogP contribution in [0.5, 0.6) is 0 Å². The first-order valence-corrected chi connectivity index (χ1v) is 6.67. The Hall–Kier alpha value is -2.11. The normalized spacial score (nSPS) is 26.4. The zero-order valence-corrected chi connectivity index (χ0v) is 10.6. The van der Waals surface area contributed by atoms with Crippen molar-refractivity contribution in [2.24, 2.45) is 0 Å². The Bertz CT molecular complexity index is 685. The molecule has 2 heterocycles. The van der Waals surface area contributed by atoms with Gasteiger partial charge in [-0.2, -0.15) is 5.26 Å². The van der Waals surface area contributed by atoms with Gasteiger partial charge in [-0.15, -0.1) is 0 Å². The number of hydrogen-bond donors (Lipinski definition) is 1. The van der Waals surface area contributed by atoms with Crippen LogP contribution in [-0.2, 0) is 12.0 Å². The van der Waals surface area contributed by atoms with E-state index in [-0.39, 0.29) is 5.54 Å². The molecule has 2 atom stereocenters. The molecule has 2 nitrogen and oxygen atoms in total. The average Bonchev–Trinajstić information content (AvgIpc) is 2.71. The van der Waals surface area contributed by atoms with Crippen LogP contribution in [0.15, 0.2) is 48.5 Å². The van der Waals surface area contributed by atoms with Gasteiger partial charge in [-0.05, 0) is 28.7 Å². The van der Waals surface area contributed by atoms with E-state index in [1.807, 2.05) is 0 Å². The highest BCUT2D eigenvalue weighted by Gasteiger charge is 2.48. The minimum absolute atomic E-state index is 0.301. The number of nitrogens with zero attached hydrogens (tertiary/aromatic N) is 1. The summed E-state index contributed by atoms with van der Waals surface area (Å²) in [5.41, 5.74) is 4.99. The largest absolute Gasteiger partial charge is 0.296 e. The summed E-state index contributed by atoms with van der Waals surface area (Å²) in [4.78, 5) is 0. The Kier molecular flexibility index (Phi) is 2.09. The number of nitrogens with one attached hydrogen (secondary N) is 1. The van der Waals surface area contributed by atoms with E-state index in [0.717, 1.165) is 6.42 Å². The van der Waals surface area contributed by atoms with E-state index in [4.69, 9.17) is 0 Å². The van der Waals surface area contributed by atoms with E-state index >= 15 is 0 Å². The van der Waals surface area contributed by atoms with E-state index in [9.17, 15) is 5.26 Å². The maximum absolute atomic E-state index is 9.29. The van der Waals surface area contributed by atoms with Gasteiger partial charge < -0.3 is 0 Å². The molecule has 2 aromatic rings. The smallest absolute Gasteiger partial charge is 0.0833 e. The minimum atomic E-state index is -0.301. The van der Waals surface area contributed by atoms with Crippen molar-refractivity contribution in [3.63, 3.8) is 0 Å². The van der Waals surface area contributed by atoms with Crippen molar-refractivity contribution in [2.45, 2.75) is 24.4 Å². The van der Waals surface area contributed by atoms with Gasteiger partial charge in [0, 0.05) is 6.04 Å². The second kappa shape index (κ2) is 3.69. The van der Waals surface area contributed by atoms with Crippen LogP contribution >= 0.6 is 0 Å². The monoisotopic (exact) mass is 246 g/mol. The summed E-state index contributed by atoms with van der Waals surface area (Å²) < 4.78 is 0. The summed E-state index contributed by atoms with van der Waals surface area (Å²) in [6.07, 6.45) is 1.50. The summed E-state index contributed by atoms with van der Waals surface area (Å²) in [6, 6.07) is 19.8. The van der Waals surface area contributed by atoms with E-state index < -0.39 is 0 Å². The fourth-order valence-corrected chi connectivity index (χ4v) is 3.72. The molecule has 0 radical (unpaired) electrons. The van der Waals surface area contributed by atoms with Crippen LogP contribution < -0.4 is 5.32 Å². The Morgan fingerprint density at radius 3 is 2.68 bits per heavy atom. The Morgan fingerprint density at radius 2 is 1.84 bits per heavy atom. The van der Waals surface area contributed by atoms with Crippen molar-refractivity contribution >= 4 is 0 Å². The molecular weight excluding hydrogens is 232 g/mol. The number of benzene rings is 2. The van der Waals surface area contributed by atoms with Crippen molar-refractivity contribution in [3.8, 4) is 6.07 Å². The fraction of sp³-hybridized carbons (Fsp3) is 0.235. The van der Waals surface area contributed by atoms with Gasteiger partial charge in [-0.1, -0.05) is 48.5 Å². The quantitative estimate of drug-likeness (QED) is 0.839. The van der Waals surface area contributed by atoms with Gasteiger partial charge in [-0.25, -0.2) is 0 Å². The predicted molar refractivity (Wildman–Crippen MR) is 73.5 cm³/mol. The molecule has 0 aliphatic carbocycles. The Morgan fingerprint density at radius 1 is 1.11 bits per heavy atom. The summed E-state index contributed by atoms with van der Waals surface area (Å²) in [5.74, 6) is 0. The third-order valence-corrected chi connectivity index (χ3v) is 4.46. The molecule has 1 N–H and O–H groups in total. The van der Waals surface area contributed by atoms with E-state index in [2.05, 4.69) is 59.9 Å². The zero-order valence-electron chi connectivity index (χ0n) is 10.6. The molecular formula is C17H14N2. The van der Waals surface area contributed by atoms with Crippen LogP contribution in [0.4, 0.5) is 0 Å². The van der Waals surface area contributed by atoms with Gasteiger partial charge in [-0.3, -0.25) is 5.32 Å². The highest BCUT2D eigenvalue weighted by Crippen LogP contribution is 2.49. The second-order valence-electron chi connectivity index (χ2n) is 5.39. The first kappa shape index (κ1) is 10.8. The van der Waals surface area contributed by atoms with Gasteiger partial charge in [0.1, 0.15) is 0 Å². The lowest BCUT2D eigenvalue weighted by Crippen LogP contribution is -2.43. The van der Waals surface area contributed by atoms with E-state index in [1.54, 1.807) is 0 Å². The van der Waals surface area contributed by atoms with Gasteiger partial charge in [0.25, 0.3) is 0 Å². The average molecular weight is 246 g/mol. The summed E-state index contributed by atoms with van der Waals surface area (Å²) in [5, 5.41) is 13.0. The van der Waals surface area contributed by atoms with Gasteiger partial charge in [0.15, 0.2) is 0 Å². The first-order chi connectivity index (χ1) is 9.35. The van der Waals surface area contributed by atoms with Crippen LogP contribution in [0.3, 0.4) is 0 Å². The van der Waals surface area contributed by atoms with Crippen molar-refractivity contribution < 1.29 is 0 Å². The molecule has 92 valence electrons. The van der Waals surface area contributed by atoms with Crippen molar-refractivity contribution in [1.29, 1.82) is 5.26 Å². The standard InChI is InChI=1S/C17H14N2/c18-10-9-17-14-7-3-1-5-12(14)11-16(19-17)13-6-2-4-8-15(13)17/h1-8,16,19H,9,11H2/t16-,17+/m1/s1. The van der Waals surface area contributed by atoms with Crippen LogP contribution in [0, 0.1) is 11.3 Å². The highest BCUT2D eigenvalue weighted by atomic mass is 15.1. The molecule has 2 aliphatic rings. The van der Waals surface area contributed by atoms with Crippen LogP contribution in [0.25, 0.3) is 0 Å². The maximum Gasteiger partial charge on any atom is 0.0833 e. The molecule has 0 spiro atoms. The van der Waals surface area contributed by atoms with Crippen molar-refractivity contribution in [1.82, 2.24) is 5.32 Å². The molecule has 0 fully saturated rings. The molecule has 19 heavy (non-hydrogen) atoms. The lowest BCUT2D eigenvalue weighted by Gasteiger charge is -2.36. The molecule has 2 aromatic carbocycles. The third kappa shape index (κ3) is 1.28. The van der Waals surface area contributed by atoms with Crippen LogP contribution in [0.2, 0.25) is 0 Å². The molecule has 4 rings (SSSR count). The topological polar surface area (TPSA) is 35.8 Å². The second-order valence-corrected chi connectivity index (χ2v) is 5.39. The lowest BCUT2D eigenvalue weighted by molar-refractivity contribution is 0.365. The Balaban J connectivity index is 2.04. The highest BCUT2D eigenvalue weighted by molar-refractivity contribution is 5.55. The van der Waals surface area contributed by atoms with Crippen molar-refractivity contribution in [2.75, 3.05) is 0 Å². The molecule has 2 heteroatoms. The molecule has 0 aromatic heterocycles. The summed E-state index contributed by atoms with van der Waals surface area (Å²) >= 11 is 0. The summed E-state index contributed by atoms with van der Waals surface area (Å²) in [6.45, 7) is 0. The third-order valence-electron chi connectivity index (χ3n) is 4.46. The number of hydrogen-bond acceptors (Lipinski definition) is 2. The van der Waals surface area contributed by atoms with E-state index in [1.165, 1.54) is 22.3 Å². The van der Waals surface area contributed by atoms with Crippen LogP contribution in [0.1, 0.15) is 34.7 Å². The molecule has 2 aliphatic heterocycles. The van der Waals surface area contributed by atoms with Gasteiger partial charge >= 0.3 is 0 Å². The van der Waals surface area contributed by atoms with E-state index in [0.29, 0.717) is 12.5 Å². The molecule has 0 saturated heterocycles. The number of rotatable bonds is 1. The fourth-order valence-electron chi connectivity index (χ4n) is 3.72. The SMILES string of the molecule is N#CC[C@]12N[C@H](Cc3ccccc31)c1ccccc12. The number of nitriles is 1. The summed E-state index contributed by atoms with van der Waals surface area (Å²) in [7, 11) is 0. The van der Waals surface area contributed by atoms with Gasteiger partial charge in [0.05, 0.1) is 18.0 Å². The molecule has 0 amide bonds. The lowest BCUT2D eigenvalue weighted by atomic mass is 9.79. The first-order valence-electron chi connectivity index (χ1n) is 6.67. The Labute approximate surface area is 112 Å². The van der Waals surface area contributed by atoms with Crippen LogP contribution in [-0.4, -0.2) is 0 Å². The molecule has 0 saturated carbocycles. The minimum Gasteiger partial charge on any atom is -0.296 e. The molecule has 0 unspecified atom stereocenters. The molecule has 2 bridgehead atoms. The zero-order chi connectivity index (χ0) is 12.9. The maximum atomic E-state index is 9.29. The van der Waals surface area contributed by atoms with Gasteiger partial charge in [0.2, 0.25) is 0 Å². The predicted octanol–water partition coefficient (Wildman–Crippen LogP) is 3.04. The van der Waals surface area contributed by atoms with Crippen molar-refractivity contribution in [3.05, 3.63) is 70.8 Å². The number of fused-ring (bicyclic) bond motifs is 7.